The highest BCUT2D eigenvalue weighted by molar-refractivity contribution is 5.35. The van der Waals surface area contributed by atoms with Crippen molar-refractivity contribution in [3.63, 3.8) is 0 Å². The van der Waals surface area contributed by atoms with E-state index in [9.17, 15) is 4.79 Å². The zero-order chi connectivity index (χ0) is 15.2. The molecule has 1 N–H and O–H groups in total. The predicted molar refractivity (Wildman–Crippen MR) is 87.0 cm³/mol. The van der Waals surface area contributed by atoms with Gasteiger partial charge in [0, 0.05) is 31.5 Å². The molecule has 1 aliphatic rings. The van der Waals surface area contributed by atoms with E-state index in [1.54, 1.807) is 17.0 Å². The maximum Gasteiger partial charge on any atom is 0.293 e. The van der Waals surface area contributed by atoms with Crippen molar-refractivity contribution >= 4 is 5.82 Å². The molecule has 21 heavy (non-hydrogen) atoms. The summed E-state index contributed by atoms with van der Waals surface area (Å²) in [6.45, 7) is 10.2. The topological polar surface area (TPSA) is 50.2 Å². The van der Waals surface area contributed by atoms with Crippen LogP contribution in [0.25, 0.3) is 0 Å². The normalized spacial score (nSPS) is 16.4. The van der Waals surface area contributed by atoms with Crippen molar-refractivity contribution in [2.45, 2.75) is 46.1 Å². The molecular weight excluding hydrogens is 264 g/mol. The highest BCUT2D eigenvalue weighted by Gasteiger charge is 2.20. The number of anilines is 1. The third-order valence-electron chi connectivity index (χ3n) is 4.14. The smallest absolute Gasteiger partial charge is 0.293 e. The van der Waals surface area contributed by atoms with Gasteiger partial charge in [0.2, 0.25) is 0 Å². The minimum atomic E-state index is 0.0369. The second-order valence-corrected chi connectivity index (χ2v) is 6.20. The molecule has 0 aromatic carbocycles. The van der Waals surface area contributed by atoms with E-state index < -0.39 is 0 Å². The molecule has 0 aliphatic carbocycles. The van der Waals surface area contributed by atoms with Crippen LogP contribution in [0.5, 0.6) is 0 Å². The fourth-order valence-corrected chi connectivity index (χ4v) is 2.97. The van der Waals surface area contributed by atoms with Crippen LogP contribution < -0.4 is 15.8 Å². The van der Waals surface area contributed by atoms with Crippen molar-refractivity contribution in [3.05, 3.63) is 22.7 Å². The average Bonchev–Trinajstić information content (AvgIpc) is 2.48. The molecule has 5 nitrogen and oxygen atoms in total. The quantitative estimate of drug-likeness (QED) is 0.872. The van der Waals surface area contributed by atoms with E-state index in [1.807, 2.05) is 13.8 Å². The van der Waals surface area contributed by atoms with Crippen LogP contribution in [-0.2, 0) is 0 Å². The first-order chi connectivity index (χ1) is 10.1. The maximum absolute atomic E-state index is 12.6. The number of hydrogen-bond donors (Lipinski definition) is 1. The summed E-state index contributed by atoms with van der Waals surface area (Å²) < 4.78 is 1.77. The van der Waals surface area contributed by atoms with Gasteiger partial charge in [-0.1, -0.05) is 6.92 Å². The lowest BCUT2D eigenvalue weighted by atomic mass is 9.97. The second kappa shape index (κ2) is 7.59. The molecule has 1 fully saturated rings. The summed E-state index contributed by atoms with van der Waals surface area (Å²) in [6, 6.07) is 0.168. The standard InChI is InChI=1S/C16H28N4O/c1-4-10-19(12-14-5-7-17-8-6-14)15-16(21)20(13(2)3)11-9-18-15/h9,11,13-14,17H,4-8,10,12H2,1-3H3. The van der Waals surface area contributed by atoms with Gasteiger partial charge < -0.3 is 14.8 Å². The van der Waals surface area contributed by atoms with E-state index >= 15 is 0 Å². The van der Waals surface area contributed by atoms with Crippen molar-refractivity contribution in [2.75, 3.05) is 31.1 Å². The molecule has 0 spiro atoms. The first-order valence-electron chi connectivity index (χ1n) is 8.16. The minimum Gasteiger partial charge on any atom is -0.352 e. The van der Waals surface area contributed by atoms with E-state index in [-0.39, 0.29) is 11.6 Å². The Morgan fingerprint density at radius 2 is 2.14 bits per heavy atom. The molecule has 1 saturated heterocycles. The van der Waals surface area contributed by atoms with E-state index in [0.29, 0.717) is 11.7 Å². The summed E-state index contributed by atoms with van der Waals surface area (Å²) in [5, 5.41) is 3.40. The fraction of sp³-hybridized carbons (Fsp3) is 0.750. The summed E-state index contributed by atoms with van der Waals surface area (Å²) in [5.74, 6) is 1.28. The Kier molecular flexibility index (Phi) is 5.79. The molecule has 118 valence electrons. The van der Waals surface area contributed by atoms with Crippen LogP contribution in [-0.4, -0.2) is 35.7 Å². The summed E-state index contributed by atoms with van der Waals surface area (Å²) in [6.07, 6.45) is 6.94. The van der Waals surface area contributed by atoms with Crippen molar-refractivity contribution in [3.8, 4) is 0 Å². The van der Waals surface area contributed by atoms with Crippen LogP contribution in [0.4, 0.5) is 5.82 Å². The molecule has 0 bridgehead atoms. The summed E-state index contributed by atoms with van der Waals surface area (Å²) in [4.78, 5) is 19.2. The Bertz CT molecular complexity index is 491. The van der Waals surface area contributed by atoms with E-state index in [1.165, 1.54) is 12.8 Å². The maximum atomic E-state index is 12.6. The van der Waals surface area contributed by atoms with Crippen molar-refractivity contribution in [1.29, 1.82) is 0 Å². The molecule has 1 aliphatic heterocycles. The third kappa shape index (κ3) is 4.06. The first-order valence-corrected chi connectivity index (χ1v) is 8.16. The Labute approximate surface area is 127 Å². The highest BCUT2D eigenvalue weighted by atomic mass is 16.1. The number of nitrogens with zero attached hydrogens (tertiary/aromatic N) is 3. The van der Waals surface area contributed by atoms with Crippen LogP contribution in [0.1, 0.15) is 46.1 Å². The first kappa shape index (κ1) is 16.0. The third-order valence-corrected chi connectivity index (χ3v) is 4.14. The van der Waals surface area contributed by atoms with Crippen LogP contribution in [0, 0.1) is 5.92 Å². The monoisotopic (exact) mass is 292 g/mol. The molecule has 0 unspecified atom stereocenters. The van der Waals surface area contributed by atoms with E-state index in [4.69, 9.17) is 0 Å². The largest absolute Gasteiger partial charge is 0.352 e. The molecule has 1 aromatic rings. The molecule has 2 rings (SSSR count). The Morgan fingerprint density at radius 3 is 2.76 bits per heavy atom. The Hall–Kier alpha value is -1.36. The lowest BCUT2D eigenvalue weighted by molar-refractivity contribution is 0.372. The van der Waals surface area contributed by atoms with Gasteiger partial charge in [0.05, 0.1) is 0 Å². The second-order valence-electron chi connectivity index (χ2n) is 6.20. The lowest BCUT2D eigenvalue weighted by Crippen LogP contribution is -2.40. The van der Waals surface area contributed by atoms with Crippen molar-refractivity contribution in [1.82, 2.24) is 14.9 Å². The van der Waals surface area contributed by atoms with Gasteiger partial charge in [0.15, 0.2) is 5.82 Å². The number of aromatic nitrogens is 2. The van der Waals surface area contributed by atoms with Gasteiger partial charge >= 0.3 is 0 Å². The number of piperidine rings is 1. The van der Waals surface area contributed by atoms with Gasteiger partial charge in [-0.25, -0.2) is 4.98 Å². The highest BCUT2D eigenvalue weighted by Crippen LogP contribution is 2.16. The van der Waals surface area contributed by atoms with Gasteiger partial charge in [-0.2, -0.15) is 0 Å². The molecule has 5 heteroatoms. The molecule has 0 amide bonds. The molecule has 1 aromatic heterocycles. The summed E-state index contributed by atoms with van der Waals surface area (Å²) in [7, 11) is 0. The summed E-state index contributed by atoms with van der Waals surface area (Å²) in [5.41, 5.74) is 0.0369. The van der Waals surface area contributed by atoms with Gasteiger partial charge in [0.25, 0.3) is 5.56 Å². The number of hydrogen-bond acceptors (Lipinski definition) is 4. The zero-order valence-electron chi connectivity index (χ0n) is 13.5. The zero-order valence-corrected chi connectivity index (χ0v) is 13.5. The van der Waals surface area contributed by atoms with Crippen LogP contribution >= 0.6 is 0 Å². The molecule has 0 radical (unpaired) electrons. The fourth-order valence-electron chi connectivity index (χ4n) is 2.97. The predicted octanol–water partition coefficient (Wildman–Crippen LogP) is 2.04. The molecule has 0 saturated carbocycles. The SMILES string of the molecule is CCCN(CC1CCNCC1)c1nccn(C(C)C)c1=O. The minimum absolute atomic E-state index is 0.0369. The average molecular weight is 292 g/mol. The Balaban J connectivity index is 2.21. The van der Waals surface area contributed by atoms with Crippen LogP contribution in [0.2, 0.25) is 0 Å². The molecule has 2 heterocycles. The number of rotatable bonds is 6. The van der Waals surface area contributed by atoms with Crippen LogP contribution in [0.15, 0.2) is 17.2 Å². The van der Waals surface area contributed by atoms with Gasteiger partial charge in [-0.05, 0) is 52.1 Å². The summed E-state index contributed by atoms with van der Waals surface area (Å²) >= 11 is 0. The van der Waals surface area contributed by atoms with Crippen molar-refractivity contribution in [2.24, 2.45) is 5.92 Å². The van der Waals surface area contributed by atoms with Gasteiger partial charge in [-0.3, -0.25) is 4.79 Å². The van der Waals surface area contributed by atoms with Gasteiger partial charge in [-0.15, -0.1) is 0 Å². The Morgan fingerprint density at radius 1 is 1.43 bits per heavy atom. The van der Waals surface area contributed by atoms with E-state index in [2.05, 4.69) is 22.1 Å². The van der Waals surface area contributed by atoms with Crippen molar-refractivity contribution < 1.29 is 0 Å². The molecule has 0 atom stereocenters. The molecular formula is C16H28N4O. The van der Waals surface area contributed by atoms with Gasteiger partial charge in [0.1, 0.15) is 0 Å². The van der Waals surface area contributed by atoms with Crippen LogP contribution in [0.3, 0.4) is 0 Å². The van der Waals surface area contributed by atoms with E-state index in [0.717, 1.165) is 32.6 Å². The lowest BCUT2D eigenvalue weighted by Gasteiger charge is -2.30. The number of nitrogens with one attached hydrogen (secondary N) is 1.